The average Bonchev–Trinajstić information content (AvgIpc) is 2.94. The fourth-order valence-corrected chi connectivity index (χ4v) is 4.90. The smallest absolute Gasteiger partial charge is 0.322 e. The third-order valence-electron chi connectivity index (χ3n) is 6.91. The third kappa shape index (κ3) is 2.43. The van der Waals surface area contributed by atoms with Gasteiger partial charge in [-0.1, -0.05) is 36.4 Å². The number of anilines is 1. The first-order valence-electron chi connectivity index (χ1n) is 10.6. The Morgan fingerprint density at radius 1 is 1.13 bits per heavy atom. The highest BCUT2D eigenvalue weighted by Gasteiger charge is 2.66. The highest BCUT2D eigenvalue weighted by molar-refractivity contribution is 6.04. The Hall–Kier alpha value is -3.34. The highest BCUT2D eigenvalue weighted by Crippen LogP contribution is 2.55. The van der Waals surface area contributed by atoms with E-state index >= 15 is 0 Å². The summed E-state index contributed by atoms with van der Waals surface area (Å²) in [6, 6.07) is 16.3. The quantitative estimate of drug-likeness (QED) is 0.540. The summed E-state index contributed by atoms with van der Waals surface area (Å²) in [7, 11) is 1.95. The Balaban J connectivity index is 1.75. The van der Waals surface area contributed by atoms with Gasteiger partial charge in [-0.25, -0.2) is 0 Å². The van der Waals surface area contributed by atoms with Crippen molar-refractivity contribution in [3.05, 3.63) is 65.2 Å². The Labute approximate surface area is 182 Å². The van der Waals surface area contributed by atoms with Crippen molar-refractivity contribution in [2.75, 3.05) is 18.6 Å². The van der Waals surface area contributed by atoms with Crippen LogP contribution in [0, 0.1) is 13.8 Å². The summed E-state index contributed by atoms with van der Waals surface area (Å²) in [5.41, 5.74) is 2.70. The monoisotopic (exact) mass is 414 g/mol. The minimum Gasteiger partial charge on any atom is -0.465 e. The van der Waals surface area contributed by atoms with Crippen LogP contribution in [0.3, 0.4) is 0 Å². The molecule has 5 heteroatoms. The fourth-order valence-electron chi connectivity index (χ4n) is 4.90. The van der Waals surface area contributed by atoms with Gasteiger partial charge < -0.3 is 14.4 Å². The van der Waals surface area contributed by atoms with Gasteiger partial charge in [-0.2, -0.15) is 0 Å². The zero-order valence-corrected chi connectivity index (χ0v) is 18.5. The molecule has 5 rings (SSSR count). The van der Waals surface area contributed by atoms with Crippen LogP contribution in [0.5, 0.6) is 5.75 Å². The number of nitrogens with zero attached hydrogens (tertiary/aromatic N) is 2. The van der Waals surface area contributed by atoms with Crippen molar-refractivity contribution >= 4 is 34.3 Å². The first kappa shape index (κ1) is 19.6. The van der Waals surface area contributed by atoms with Crippen LogP contribution < -0.4 is 9.64 Å². The molecule has 0 bridgehead atoms. The molecule has 1 spiro atoms. The molecule has 0 aromatic heterocycles. The maximum atomic E-state index is 13.5. The maximum Gasteiger partial charge on any atom is 0.322 e. The molecule has 2 aliphatic rings. The number of esters is 1. The minimum atomic E-state index is -1.13. The molecule has 0 saturated heterocycles. The Kier molecular flexibility index (Phi) is 4.16. The van der Waals surface area contributed by atoms with Crippen molar-refractivity contribution in [3.8, 4) is 5.75 Å². The number of fused-ring (bicyclic) bond motifs is 4. The topological polar surface area (TPSA) is 51.1 Å². The van der Waals surface area contributed by atoms with Crippen LogP contribution in [0.15, 0.2) is 53.5 Å². The fraction of sp³-hybridized carbons (Fsp3) is 0.308. The summed E-state index contributed by atoms with van der Waals surface area (Å²) in [5, 5.41) is 2.12. The molecule has 0 N–H and O–H groups in total. The lowest BCUT2D eigenvalue weighted by Gasteiger charge is -2.44. The maximum absolute atomic E-state index is 13.5. The largest absolute Gasteiger partial charge is 0.465 e. The van der Waals surface area contributed by atoms with Gasteiger partial charge in [-0.15, -0.1) is 0 Å². The van der Waals surface area contributed by atoms with Gasteiger partial charge in [0.15, 0.2) is 5.41 Å². The van der Waals surface area contributed by atoms with Crippen molar-refractivity contribution in [2.45, 2.75) is 38.8 Å². The number of rotatable bonds is 2. The first-order valence-corrected chi connectivity index (χ1v) is 10.6. The van der Waals surface area contributed by atoms with Crippen molar-refractivity contribution in [3.63, 3.8) is 0 Å². The molecule has 0 aliphatic carbocycles. The second-order valence-electron chi connectivity index (χ2n) is 8.55. The van der Waals surface area contributed by atoms with Gasteiger partial charge in [0.25, 0.3) is 0 Å². The van der Waals surface area contributed by atoms with Crippen LogP contribution in [0.25, 0.3) is 10.8 Å². The number of carbonyl (C=O) groups excluding carboxylic acids is 1. The van der Waals surface area contributed by atoms with E-state index in [1.54, 1.807) is 6.21 Å². The third-order valence-corrected chi connectivity index (χ3v) is 6.91. The number of likely N-dealkylation sites (N-methyl/N-ethyl adjacent to an activating group) is 1. The van der Waals surface area contributed by atoms with Crippen LogP contribution in [0.4, 0.5) is 11.4 Å². The van der Waals surface area contributed by atoms with E-state index < -0.39 is 11.1 Å². The summed E-state index contributed by atoms with van der Waals surface area (Å²) < 4.78 is 12.3. The lowest BCUT2D eigenvalue weighted by atomic mass is 9.75. The van der Waals surface area contributed by atoms with Crippen LogP contribution in [0.1, 0.15) is 30.5 Å². The Morgan fingerprint density at radius 3 is 2.65 bits per heavy atom. The van der Waals surface area contributed by atoms with E-state index in [0.717, 1.165) is 38.8 Å². The SMILES string of the molecule is CCOC(=O)C1(C)c2cc(C)c(C)cc2N(C)C12C=Nc1c(ccc3ccccc13)O2. The standard InChI is InChI=1S/C26H26N2O3/c1-6-30-24(29)25(4)20-13-16(2)17(3)14-21(20)28(5)26(25)15-27-23-19-10-8-7-9-18(19)11-12-22(23)31-26/h7-15H,6H2,1-5H3. The number of aryl methyl sites for hydroxylation is 2. The summed E-state index contributed by atoms with van der Waals surface area (Å²) in [6.07, 6.45) is 1.78. The van der Waals surface area contributed by atoms with Crippen LogP contribution >= 0.6 is 0 Å². The van der Waals surface area contributed by atoms with Crippen LogP contribution in [-0.4, -0.2) is 31.6 Å². The van der Waals surface area contributed by atoms with E-state index in [0.29, 0.717) is 12.4 Å². The number of aliphatic imine (C=N–C) groups is 1. The molecule has 5 nitrogen and oxygen atoms in total. The van der Waals surface area contributed by atoms with Crippen LogP contribution in [-0.2, 0) is 14.9 Å². The van der Waals surface area contributed by atoms with Gasteiger partial charge in [-0.3, -0.25) is 9.79 Å². The molecule has 158 valence electrons. The summed E-state index contributed by atoms with van der Waals surface area (Å²) >= 11 is 0. The predicted octanol–water partition coefficient (Wildman–Crippen LogP) is 5.22. The Morgan fingerprint density at radius 2 is 1.87 bits per heavy atom. The van der Waals surface area contributed by atoms with E-state index in [9.17, 15) is 4.79 Å². The van der Waals surface area contributed by atoms with Gasteiger partial charge >= 0.3 is 5.97 Å². The van der Waals surface area contributed by atoms with E-state index in [4.69, 9.17) is 14.5 Å². The molecule has 0 saturated carbocycles. The second-order valence-corrected chi connectivity index (χ2v) is 8.55. The Bertz CT molecular complexity index is 1260. The molecule has 31 heavy (non-hydrogen) atoms. The van der Waals surface area contributed by atoms with Crippen molar-refractivity contribution in [2.24, 2.45) is 4.99 Å². The van der Waals surface area contributed by atoms with E-state index in [2.05, 4.69) is 32.0 Å². The minimum absolute atomic E-state index is 0.298. The van der Waals surface area contributed by atoms with Gasteiger partial charge in [0.1, 0.15) is 11.4 Å². The van der Waals surface area contributed by atoms with Crippen molar-refractivity contribution < 1.29 is 14.3 Å². The molecule has 0 amide bonds. The van der Waals surface area contributed by atoms with Gasteiger partial charge in [-0.05, 0) is 61.9 Å². The number of hydrogen-bond donors (Lipinski definition) is 0. The first-order chi connectivity index (χ1) is 14.8. The predicted molar refractivity (Wildman–Crippen MR) is 124 cm³/mol. The summed E-state index contributed by atoms with van der Waals surface area (Å²) in [4.78, 5) is 20.4. The molecule has 2 unspecified atom stereocenters. The lowest BCUT2D eigenvalue weighted by molar-refractivity contribution is -0.154. The summed E-state index contributed by atoms with van der Waals surface area (Å²) in [5.74, 6) is 0.337. The van der Waals surface area contributed by atoms with Crippen molar-refractivity contribution in [1.29, 1.82) is 0 Å². The normalized spacial score (nSPS) is 23.6. The van der Waals surface area contributed by atoms with E-state index in [1.165, 1.54) is 0 Å². The molecular weight excluding hydrogens is 388 g/mol. The summed E-state index contributed by atoms with van der Waals surface area (Å²) in [6.45, 7) is 8.16. The zero-order valence-electron chi connectivity index (χ0n) is 18.5. The van der Waals surface area contributed by atoms with Crippen molar-refractivity contribution in [1.82, 2.24) is 0 Å². The molecule has 0 fully saturated rings. The lowest BCUT2D eigenvalue weighted by Crippen LogP contribution is -2.65. The number of carbonyl (C=O) groups is 1. The number of benzene rings is 3. The molecule has 3 aromatic rings. The van der Waals surface area contributed by atoms with Gasteiger partial charge in [0.2, 0.25) is 5.72 Å². The highest BCUT2D eigenvalue weighted by atomic mass is 16.6. The zero-order chi connectivity index (χ0) is 22.0. The van der Waals surface area contributed by atoms with E-state index in [1.807, 2.05) is 56.1 Å². The average molecular weight is 415 g/mol. The van der Waals surface area contributed by atoms with Gasteiger partial charge in [0, 0.05) is 18.1 Å². The van der Waals surface area contributed by atoms with Crippen LogP contribution in [0.2, 0.25) is 0 Å². The number of ether oxygens (including phenoxy) is 2. The molecule has 0 radical (unpaired) electrons. The molecule has 3 aromatic carbocycles. The second kappa shape index (κ2) is 6.58. The van der Waals surface area contributed by atoms with E-state index in [-0.39, 0.29) is 5.97 Å². The molecule has 2 atom stereocenters. The molecular formula is C26H26N2O3. The number of hydrogen-bond acceptors (Lipinski definition) is 5. The molecule has 2 heterocycles. The van der Waals surface area contributed by atoms with Gasteiger partial charge in [0.05, 0.1) is 12.8 Å². The molecule has 2 aliphatic heterocycles.